The Bertz CT molecular complexity index is 570. The molecule has 2 rings (SSSR count). The molecule has 0 aromatic carbocycles. The predicted molar refractivity (Wildman–Crippen MR) is 86.2 cm³/mol. The lowest BCUT2D eigenvalue weighted by molar-refractivity contribution is -0.150. The number of esters is 1. The highest BCUT2D eigenvalue weighted by molar-refractivity contribution is 5.94. The molecule has 1 saturated carbocycles. The van der Waals surface area contributed by atoms with Crippen molar-refractivity contribution < 1.29 is 23.5 Å². The van der Waals surface area contributed by atoms with Crippen molar-refractivity contribution in [2.75, 3.05) is 6.61 Å². The number of hydrogen-bond acceptors (Lipinski definition) is 5. The van der Waals surface area contributed by atoms with Gasteiger partial charge < -0.3 is 19.8 Å². The molecule has 1 aliphatic rings. The molecule has 2 amide bonds. The maximum absolute atomic E-state index is 11.9. The topological polar surface area (TPSA) is 97.6 Å². The molecule has 1 fully saturated rings. The molecular weight excluding hydrogens is 312 g/mol. The van der Waals surface area contributed by atoms with Crippen molar-refractivity contribution >= 4 is 17.8 Å². The summed E-state index contributed by atoms with van der Waals surface area (Å²) < 4.78 is 9.90. The van der Waals surface area contributed by atoms with Crippen LogP contribution < -0.4 is 10.6 Å². The van der Waals surface area contributed by atoms with Gasteiger partial charge in [0.15, 0.2) is 12.4 Å². The zero-order chi connectivity index (χ0) is 17.5. The highest BCUT2D eigenvalue weighted by Gasteiger charge is 2.24. The van der Waals surface area contributed by atoms with E-state index in [1.165, 1.54) is 25.7 Å². The fourth-order valence-corrected chi connectivity index (χ4v) is 2.78. The summed E-state index contributed by atoms with van der Waals surface area (Å²) in [5.74, 6) is -0.943. The van der Waals surface area contributed by atoms with E-state index in [1.54, 1.807) is 6.07 Å². The number of hydrogen-bond donors (Lipinski definition) is 2. The molecule has 132 valence electrons. The summed E-state index contributed by atoms with van der Waals surface area (Å²) in [5.41, 5.74) is 0. The van der Waals surface area contributed by atoms with Gasteiger partial charge in [0.25, 0.3) is 11.8 Å². The highest BCUT2D eigenvalue weighted by Crippen LogP contribution is 2.23. The highest BCUT2D eigenvalue weighted by atomic mass is 16.5. The summed E-state index contributed by atoms with van der Waals surface area (Å²) in [6, 6.07) is 2.34. The van der Waals surface area contributed by atoms with Crippen molar-refractivity contribution in [3.05, 3.63) is 24.2 Å². The summed E-state index contributed by atoms with van der Waals surface area (Å²) in [7, 11) is 0. The Morgan fingerprint density at radius 2 is 2.08 bits per heavy atom. The molecule has 2 N–H and O–H groups in total. The van der Waals surface area contributed by atoms with Crippen molar-refractivity contribution in [3.63, 3.8) is 0 Å². The molecule has 0 radical (unpaired) electrons. The molecule has 24 heavy (non-hydrogen) atoms. The molecule has 3 atom stereocenters. The summed E-state index contributed by atoms with van der Waals surface area (Å²) >= 11 is 0. The number of nitrogens with one attached hydrogen (secondary N) is 2. The quantitative estimate of drug-likeness (QED) is 0.770. The average molecular weight is 336 g/mol. The van der Waals surface area contributed by atoms with E-state index in [1.807, 2.05) is 0 Å². The van der Waals surface area contributed by atoms with Crippen LogP contribution in [0.5, 0.6) is 0 Å². The van der Waals surface area contributed by atoms with Gasteiger partial charge in [-0.3, -0.25) is 9.59 Å². The Morgan fingerprint density at radius 1 is 1.33 bits per heavy atom. The smallest absolute Gasteiger partial charge is 0.328 e. The summed E-state index contributed by atoms with van der Waals surface area (Å²) in [6.07, 6.45) is 5.71. The van der Waals surface area contributed by atoms with Crippen LogP contribution in [0.1, 0.15) is 50.1 Å². The number of rotatable bonds is 6. The first kappa shape index (κ1) is 18.0. The van der Waals surface area contributed by atoms with E-state index in [4.69, 9.17) is 9.15 Å². The molecule has 1 heterocycles. The number of carbonyl (C=O) groups excluding carboxylic acids is 3. The molecule has 0 unspecified atom stereocenters. The van der Waals surface area contributed by atoms with Gasteiger partial charge in [0.2, 0.25) is 0 Å². The Kier molecular flexibility index (Phi) is 6.40. The standard InChI is InChI=1S/C17H24N2O5/c1-11-6-3-4-7-13(11)19-15(20)10-24-17(22)12(2)18-16(21)14-8-5-9-23-14/h5,8-9,11-13H,3-4,6-7,10H2,1-2H3,(H,18,21)(H,19,20)/t11-,12-,13+/m0/s1. The Balaban J connectivity index is 1.71. The zero-order valence-corrected chi connectivity index (χ0v) is 14.0. The Labute approximate surface area is 141 Å². The van der Waals surface area contributed by atoms with Crippen LogP contribution in [-0.4, -0.2) is 36.5 Å². The van der Waals surface area contributed by atoms with E-state index in [2.05, 4.69) is 17.6 Å². The van der Waals surface area contributed by atoms with Crippen LogP contribution in [0, 0.1) is 5.92 Å². The van der Waals surface area contributed by atoms with Crippen molar-refractivity contribution in [1.82, 2.24) is 10.6 Å². The first-order valence-corrected chi connectivity index (χ1v) is 8.27. The van der Waals surface area contributed by atoms with Crippen molar-refractivity contribution in [2.24, 2.45) is 5.92 Å². The first-order valence-electron chi connectivity index (χ1n) is 8.27. The number of carbonyl (C=O) groups is 3. The van der Waals surface area contributed by atoms with Gasteiger partial charge >= 0.3 is 5.97 Å². The minimum Gasteiger partial charge on any atom is -0.459 e. The normalized spacial score (nSPS) is 21.6. The second-order valence-corrected chi connectivity index (χ2v) is 6.22. The Hall–Kier alpha value is -2.31. The van der Waals surface area contributed by atoms with Crippen LogP contribution in [0.3, 0.4) is 0 Å². The Morgan fingerprint density at radius 3 is 2.75 bits per heavy atom. The van der Waals surface area contributed by atoms with E-state index >= 15 is 0 Å². The number of amides is 2. The molecule has 7 heteroatoms. The van der Waals surface area contributed by atoms with E-state index in [0.717, 1.165) is 19.3 Å². The molecule has 0 spiro atoms. The fraction of sp³-hybridized carbons (Fsp3) is 0.588. The van der Waals surface area contributed by atoms with Crippen LogP contribution in [-0.2, 0) is 14.3 Å². The molecule has 7 nitrogen and oxygen atoms in total. The molecule has 1 aromatic rings. The monoisotopic (exact) mass is 336 g/mol. The fourth-order valence-electron chi connectivity index (χ4n) is 2.78. The van der Waals surface area contributed by atoms with Crippen molar-refractivity contribution in [3.8, 4) is 0 Å². The lowest BCUT2D eigenvalue weighted by atomic mass is 9.86. The van der Waals surface area contributed by atoms with Gasteiger partial charge in [0.1, 0.15) is 6.04 Å². The molecule has 1 aromatic heterocycles. The third kappa shape index (κ3) is 5.11. The summed E-state index contributed by atoms with van der Waals surface area (Å²) in [6.45, 7) is 3.26. The van der Waals surface area contributed by atoms with Gasteiger partial charge in [-0.2, -0.15) is 0 Å². The minimum absolute atomic E-state index is 0.110. The van der Waals surface area contributed by atoms with E-state index in [0.29, 0.717) is 5.92 Å². The number of ether oxygens (including phenoxy) is 1. The van der Waals surface area contributed by atoms with Crippen LogP contribution in [0.15, 0.2) is 22.8 Å². The maximum atomic E-state index is 11.9. The van der Waals surface area contributed by atoms with Crippen molar-refractivity contribution in [1.29, 1.82) is 0 Å². The lowest BCUT2D eigenvalue weighted by Crippen LogP contribution is -2.44. The largest absolute Gasteiger partial charge is 0.459 e. The van der Waals surface area contributed by atoms with Crippen LogP contribution >= 0.6 is 0 Å². The molecule has 0 saturated heterocycles. The zero-order valence-electron chi connectivity index (χ0n) is 14.0. The summed E-state index contributed by atoms with van der Waals surface area (Å²) in [5, 5.41) is 5.36. The second-order valence-electron chi connectivity index (χ2n) is 6.22. The first-order chi connectivity index (χ1) is 11.5. The van der Waals surface area contributed by atoms with Crippen LogP contribution in [0.2, 0.25) is 0 Å². The average Bonchev–Trinajstić information content (AvgIpc) is 3.09. The molecule has 0 aliphatic heterocycles. The third-order valence-electron chi connectivity index (χ3n) is 4.25. The van der Waals surface area contributed by atoms with Gasteiger partial charge in [0, 0.05) is 6.04 Å². The minimum atomic E-state index is -0.871. The van der Waals surface area contributed by atoms with Gasteiger partial charge in [-0.1, -0.05) is 19.8 Å². The molecule has 0 bridgehead atoms. The van der Waals surface area contributed by atoms with Crippen LogP contribution in [0.25, 0.3) is 0 Å². The number of furan rings is 1. The second kappa shape index (κ2) is 8.52. The van der Waals surface area contributed by atoms with Crippen molar-refractivity contribution in [2.45, 2.75) is 51.6 Å². The van der Waals surface area contributed by atoms with E-state index in [9.17, 15) is 14.4 Å². The van der Waals surface area contributed by atoms with Gasteiger partial charge in [-0.25, -0.2) is 4.79 Å². The van der Waals surface area contributed by atoms with Crippen LogP contribution in [0.4, 0.5) is 0 Å². The van der Waals surface area contributed by atoms with E-state index in [-0.39, 0.29) is 24.3 Å². The van der Waals surface area contributed by atoms with Gasteiger partial charge in [0.05, 0.1) is 6.26 Å². The molecular formula is C17H24N2O5. The SMILES string of the molecule is C[C@H](NC(=O)c1ccco1)C(=O)OCC(=O)N[C@@H]1CCCC[C@@H]1C. The van der Waals surface area contributed by atoms with E-state index < -0.39 is 17.9 Å². The molecule has 1 aliphatic carbocycles. The summed E-state index contributed by atoms with van der Waals surface area (Å²) in [4.78, 5) is 35.5. The lowest BCUT2D eigenvalue weighted by Gasteiger charge is -2.29. The predicted octanol–water partition coefficient (Wildman–Crippen LogP) is 1.64. The van der Waals surface area contributed by atoms with Gasteiger partial charge in [-0.15, -0.1) is 0 Å². The maximum Gasteiger partial charge on any atom is 0.328 e. The van der Waals surface area contributed by atoms with Gasteiger partial charge in [-0.05, 0) is 37.8 Å². The third-order valence-corrected chi connectivity index (χ3v) is 4.25.